The molecular weight excluding hydrogens is 272 g/mol. The first-order valence-corrected chi connectivity index (χ1v) is 9.40. The summed E-state index contributed by atoms with van der Waals surface area (Å²) in [5.41, 5.74) is -0.289. The molecule has 0 aromatic heterocycles. The number of nitrogens with one attached hydrogen (secondary N) is 1. The molecular formula is C19H36N2O. The van der Waals surface area contributed by atoms with Crippen molar-refractivity contribution in [2.24, 2.45) is 17.3 Å². The molecule has 0 aromatic carbocycles. The van der Waals surface area contributed by atoms with E-state index in [9.17, 15) is 4.79 Å². The van der Waals surface area contributed by atoms with Crippen molar-refractivity contribution in [1.82, 2.24) is 10.2 Å². The molecule has 3 heteroatoms. The van der Waals surface area contributed by atoms with Crippen molar-refractivity contribution in [3.63, 3.8) is 0 Å². The van der Waals surface area contributed by atoms with Crippen LogP contribution in [0.1, 0.15) is 73.1 Å². The van der Waals surface area contributed by atoms with E-state index in [1.165, 1.54) is 38.6 Å². The van der Waals surface area contributed by atoms with Gasteiger partial charge in [-0.1, -0.05) is 41.0 Å². The minimum Gasteiger partial charge on any atom is -0.352 e. The Labute approximate surface area is 137 Å². The zero-order valence-corrected chi connectivity index (χ0v) is 15.3. The van der Waals surface area contributed by atoms with E-state index in [2.05, 4.69) is 24.1 Å². The second-order valence-corrected chi connectivity index (χ2v) is 8.58. The first-order valence-electron chi connectivity index (χ1n) is 9.40. The van der Waals surface area contributed by atoms with Crippen LogP contribution in [0.15, 0.2) is 0 Å². The topological polar surface area (TPSA) is 32.3 Å². The maximum absolute atomic E-state index is 12.4. The highest BCUT2D eigenvalue weighted by Gasteiger charge is 2.38. The van der Waals surface area contributed by atoms with Gasteiger partial charge in [-0.05, 0) is 43.9 Å². The fourth-order valence-corrected chi connectivity index (χ4v) is 4.01. The molecule has 3 unspecified atom stereocenters. The van der Waals surface area contributed by atoms with Crippen molar-refractivity contribution in [3.05, 3.63) is 0 Å². The van der Waals surface area contributed by atoms with Gasteiger partial charge < -0.3 is 5.32 Å². The predicted molar refractivity (Wildman–Crippen MR) is 92.8 cm³/mol. The van der Waals surface area contributed by atoms with Crippen molar-refractivity contribution >= 4 is 5.91 Å². The lowest BCUT2D eigenvalue weighted by molar-refractivity contribution is -0.129. The van der Waals surface area contributed by atoms with E-state index in [0.717, 1.165) is 30.8 Å². The number of hydrogen-bond acceptors (Lipinski definition) is 2. The molecule has 1 heterocycles. The third-order valence-electron chi connectivity index (χ3n) is 5.33. The van der Waals surface area contributed by atoms with Gasteiger partial charge in [0, 0.05) is 30.6 Å². The lowest BCUT2D eigenvalue weighted by Crippen LogP contribution is -2.55. The third kappa shape index (κ3) is 4.71. The van der Waals surface area contributed by atoms with E-state index in [-0.39, 0.29) is 11.3 Å². The molecule has 1 aliphatic heterocycles. The van der Waals surface area contributed by atoms with Crippen LogP contribution < -0.4 is 5.32 Å². The maximum atomic E-state index is 12.4. The summed E-state index contributed by atoms with van der Waals surface area (Å²) >= 11 is 0. The molecule has 1 N–H and O–H groups in total. The number of piperidine rings is 1. The van der Waals surface area contributed by atoms with Crippen LogP contribution in [0.25, 0.3) is 0 Å². The summed E-state index contributed by atoms with van der Waals surface area (Å²) in [5.74, 6) is 1.87. The van der Waals surface area contributed by atoms with Gasteiger partial charge in [-0.2, -0.15) is 0 Å². The highest BCUT2D eigenvalue weighted by Crippen LogP contribution is 2.38. The van der Waals surface area contributed by atoms with E-state index < -0.39 is 0 Å². The summed E-state index contributed by atoms with van der Waals surface area (Å²) in [7, 11) is 0. The van der Waals surface area contributed by atoms with Gasteiger partial charge in [0.25, 0.3) is 0 Å². The van der Waals surface area contributed by atoms with Gasteiger partial charge >= 0.3 is 0 Å². The van der Waals surface area contributed by atoms with Gasteiger partial charge in [0.1, 0.15) is 0 Å². The smallest absolute Gasteiger partial charge is 0.225 e. The van der Waals surface area contributed by atoms with Gasteiger partial charge in [-0.25, -0.2) is 0 Å². The van der Waals surface area contributed by atoms with Crippen molar-refractivity contribution < 1.29 is 4.79 Å². The van der Waals surface area contributed by atoms with Crippen molar-refractivity contribution in [3.8, 4) is 0 Å². The molecule has 0 radical (unpaired) electrons. The minimum atomic E-state index is -0.289. The minimum absolute atomic E-state index is 0.203. The summed E-state index contributed by atoms with van der Waals surface area (Å²) in [6.07, 6.45) is 7.77. The van der Waals surface area contributed by atoms with Crippen molar-refractivity contribution in [2.75, 3.05) is 13.1 Å². The number of amides is 1. The zero-order chi connectivity index (χ0) is 16.3. The standard InChI is InChI=1S/C19H36N2O/c1-6-8-14-11-16(20-18(22)19(3,4)5)13-21(12-14)17(7-2)15-9-10-15/h14-17H,6-13H2,1-5H3,(H,20,22). The van der Waals surface area contributed by atoms with Crippen LogP contribution in [0.4, 0.5) is 0 Å². The highest BCUT2D eigenvalue weighted by molar-refractivity contribution is 5.81. The fraction of sp³-hybridized carbons (Fsp3) is 0.947. The maximum Gasteiger partial charge on any atom is 0.225 e. The van der Waals surface area contributed by atoms with Crippen LogP contribution in [0.5, 0.6) is 0 Å². The Bertz CT molecular complexity index is 370. The number of carbonyl (C=O) groups excluding carboxylic acids is 1. The molecule has 0 aromatic rings. The molecule has 0 bridgehead atoms. The number of nitrogens with zero attached hydrogens (tertiary/aromatic N) is 1. The number of likely N-dealkylation sites (tertiary alicyclic amines) is 1. The van der Waals surface area contributed by atoms with Crippen molar-refractivity contribution in [1.29, 1.82) is 0 Å². The molecule has 1 aliphatic carbocycles. The van der Waals surface area contributed by atoms with E-state index in [0.29, 0.717) is 6.04 Å². The van der Waals surface area contributed by atoms with Crippen LogP contribution in [0.3, 0.4) is 0 Å². The highest BCUT2D eigenvalue weighted by atomic mass is 16.2. The Morgan fingerprint density at radius 1 is 1.23 bits per heavy atom. The molecule has 1 saturated carbocycles. The largest absolute Gasteiger partial charge is 0.352 e. The van der Waals surface area contributed by atoms with Gasteiger partial charge in [0.2, 0.25) is 5.91 Å². The summed E-state index contributed by atoms with van der Waals surface area (Å²) < 4.78 is 0. The third-order valence-corrected chi connectivity index (χ3v) is 5.33. The first-order chi connectivity index (χ1) is 10.3. The Hall–Kier alpha value is -0.570. The molecule has 22 heavy (non-hydrogen) atoms. The Morgan fingerprint density at radius 2 is 1.91 bits per heavy atom. The van der Waals surface area contributed by atoms with Crippen LogP contribution in [-0.2, 0) is 4.79 Å². The Balaban J connectivity index is 2.01. The quantitative estimate of drug-likeness (QED) is 0.809. The Kier molecular flexibility index (Phi) is 5.93. The second-order valence-electron chi connectivity index (χ2n) is 8.58. The monoisotopic (exact) mass is 308 g/mol. The van der Waals surface area contributed by atoms with Gasteiger partial charge in [-0.15, -0.1) is 0 Å². The van der Waals surface area contributed by atoms with Crippen molar-refractivity contribution in [2.45, 2.75) is 85.2 Å². The average Bonchev–Trinajstić information content (AvgIpc) is 3.23. The molecule has 0 spiro atoms. The van der Waals surface area contributed by atoms with Crippen LogP contribution in [-0.4, -0.2) is 36.0 Å². The van der Waals surface area contributed by atoms with Gasteiger partial charge in [0.15, 0.2) is 0 Å². The zero-order valence-electron chi connectivity index (χ0n) is 15.3. The first kappa shape index (κ1) is 17.8. The van der Waals surface area contributed by atoms with Gasteiger partial charge in [0.05, 0.1) is 0 Å². The lowest BCUT2D eigenvalue weighted by Gasteiger charge is -2.43. The predicted octanol–water partition coefficient (Wildman–Crippen LogP) is 3.83. The lowest BCUT2D eigenvalue weighted by atomic mass is 9.87. The number of rotatable bonds is 6. The fourth-order valence-electron chi connectivity index (χ4n) is 4.01. The van der Waals surface area contributed by atoms with Crippen LogP contribution >= 0.6 is 0 Å². The Morgan fingerprint density at radius 3 is 2.41 bits per heavy atom. The van der Waals surface area contributed by atoms with Crippen LogP contribution in [0, 0.1) is 17.3 Å². The molecule has 1 saturated heterocycles. The molecule has 2 fully saturated rings. The van der Waals surface area contributed by atoms with Gasteiger partial charge in [-0.3, -0.25) is 9.69 Å². The number of hydrogen-bond donors (Lipinski definition) is 1. The molecule has 3 nitrogen and oxygen atoms in total. The SMILES string of the molecule is CCCC1CC(NC(=O)C(C)(C)C)CN(C(CC)C2CC2)C1. The van der Waals surface area contributed by atoms with E-state index in [1.807, 2.05) is 20.8 Å². The van der Waals surface area contributed by atoms with E-state index >= 15 is 0 Å². The molecule has 1 amide bonds. The summed E-state index contributed by atoms with van der Waals surface area (Å²) in [6.45, 7) is 12.9. The van der Waals surface area contributed by atoms with E-state index in [1.54, 1.807) is 0 Å². The van der Waals surface area contributed by atoms with E-state index in [4.69, 9.17) is 0 Å². The molecule has 128 valence electrons. The van der Waals surface area contributed by atoms with Crippen LogP contribution in [0.2, 0.25) is 0 Å². The second kappa shape index (κ2) is 7.33. The summed E-state index contributed by atoms with van der Waals surface area (Å²) in [6, 6.07) is 1.08. The summed E-state index contributed by atoms with van der Waals surface area (Å²) in [5, 5.41) is 3.33. The molecule has 3 atom stereocenters. The normalized spacial score (nSPS) is 28.4. The molecule has 2 aliphatic rings. The summed E-state index contributed by atoms with van der Waals surface area (Å²) in [4.78, 5) is 15.1. The average molecular weight is 309 g/mol. The number of carbonyl (C=O) groups is 1. The molecule has 2 rings (SSSR count).